The molecule has 3 rings (SSSR count). The zero-order chi connectivity index (χ0) is 15.1. The van der Waals surface area contributed by atoms with Gasteiger partial charge in [0.2, 0.25) is 10.0 Å². The number of hydrogen-bond acceptors (Lipinski definition) is 4. The first-order chi connectivity index (χ1) is 9.95. The van der Waals surface area contributed by atoms with Gasteiger partial charge in [-0.1, -0.05) is 19.1 Å². The average Bonchev–Trinajstić information content (AvgIpc) is 2.94. The Morgan fingerprint density at radius 1 is 1.48 bits per heavy atom. The third-order valence-corrected chi connectivity index (χ3v) is 7.85. The molecule has 0 radical (unpaired) electrons. The highest BCUT2D eigenvalue weighted by Gasteiger charge is 2.49. The van der Waals surface area contributed by atoms with Crippen LogP contribution in [0.1, 0.15) is 12.5 Å². The second-order valence-corrected chi connectivity index (χ2v) is 9.21. The van der Waals surface area contributed by atoms with Crippen LogP contribution in [0.15, 0.2) is 29.2 Å². The van der Waals surface area contributed by atoms with Crippen LogP contribution in [-0.2, 0) is 21.4 Å². The topological polar surface area (TPSA) is 46.6 Å². The lowest BCUT2D eigenvalue weighted by Crippen LogP contribution is -2.32. The maximum absolute atomic E-state index is 12.8. The monoisotopic (exact) mass is 327 g/mol. The van der Waals surface area contributed by atoms with E-state index in [0.29, 0.717) is 30.5 Å². The molecule has 6 heteroatoms. The Morgan fingerprint density at radius 3 is 3.00 bits per heavy atom. The van der Waals surface area contributed by atoms with E-state index in [1.54, 1.807) is 29.6 Å². The number of nitrogens with zero attached hydrogens (tertiary/aromatic N) is 1. The normalized spacial score (nSPS) is 29.7. The highest BCUT2D eigenvalue weighted by molar-refractivity contribution is 7.99. The highest BCUT2D eigenvalue weighted by atomic mass is 32.2. The Labute approximate surface area is 130 Å². The third kappa shape index (κ3) is 2.74. The van der Waals surface area contributed by atoms with Crippen molar-refractivity contribution in [2.45, 2.75) is 18.4 Å². The van der Waals surface area contributed by atoms with Crippen LogP contribution in [0.4, 0.5) is 0 Å². The SMILES string of the molecule is COCc1cccc(S(=O)(=O)N2C[C@@H]3CSC[C@]3(C)C2)c1. The van der Waals surface area contributed by atoms with Crippen molar-refractivity contribution >= 4 is 21.8 Å². The Bertz CT molecular complexity index is 632. The predicted octanol–water partition coefficient (Wildman–Crippen LogP) is 2.21. The van der Waals surface area contributed by atoms with Gasteiger partial charge in [-0.3, -0.25) is 0 Å². The summed E-state index contributed by atoms with van der Waals surface area (Å²) in [5.74, 6) is 2.62. The van der Waals surface area contributed by atoms with Crippen molar-refractivity contribution in [3.05, 3.63) is 29.8 Å². The number of rotatable bonds is 4. The molecule has 0 saturated carbocycles. The molecule has 2 fully saturated rings. The lowest BCUT2D eigenvalue weighted by Gasteiger charge is -2.22. The summed E-state index contributed by atoms with van der Waals surface area (Å²) < 4.78 is 32.4. The summed E-state index contributed by atoms with van der Waals surface area (Å²) in [6.07, 6.45) is 0. The number of fused-ring (bicyclic) bond motifs is 1. The van der Waals surface area contributed by atoms with E-state index >= 15 is 0 Å². The van der Waals surface area contributed by atoms with Crippen molar-refractivity contribution in [2.24, 2.45) is 11.3 Å². The molecule has 0 bridgehead atoms. The van der Waals surface area contributed by atoms with Gasteiger partial charge >= 0.3 is 0 Å². The van der Waals surface area contributed by atoms with E-state index in [0.717, 1.165) is 17.1 Å². The summed E-state index contributed by atoms with van der Waals surface area (Å²) in [5.41, 5.74) is 1.03. The molecule has 0 unspecified atom stereocenters. The molecule has 2 saturated heterocycles. The minimum Gasteiger partial charge on any atom is -0.380 e. The molecule has 21 heavy (non-hydrogen) atoms. The lowest BCUT2D eigenvalue weighted by molar-refractivity contribution is 0.184. The van der Waals surface area contributed by atoms with Crippen molar-refractivity contribution in [2.75, 3.05) is 31.7 Å². The minimum absolute atomic E-state index is 0.141. The van der Waals surface area contributed by atoms with Crippen LogP contribution in [0, 0.1) is 11.3 Å². The molecule has 0 aromatic heterocycles. The molecule has 0 N–H and O–H groups in total. The molecule has 2 heterocycles. The van der Waals surface area contributed by atoms with Gasteiger partial charge in [0.1, 0.15) is 0 Å². The number of benzene rings is 1. The standard InChI is InChI=1S/C15H21NO3S2/c1-15-10-16(7-13(15)9-20-11-15)21(17,18)14-5-3-4-12(6-14)8-19-2/h3-6,13H,7-11H2,1-2H3/t13-,15+/m1/s1. The van der Waals surface area contributed by atoms with E-state index in [2.05, 4.69) is 6.92 Å². The van der Waals surface area contributed by atoms with Crippen molar-refractivity contribution in [1.82, 2.24) is 4.31 Å². The van der Waals surface area contributed by atoms with E-state index in [9.17, 15) is 8.42 Å². The maximum Gasteiger partial charge on any atom is 0.243 e. The van der Waals surface area contributed by atoms with Gasteiger partial charge in [0.25, 0.3) is 0 Å². The van der Waals surface area contributed by atoms with Crippen LogP contribution in [-0.4, -0.2) is 44.4 Å². The molecule has 0 spiro atoms. The van der Waals surface area contributed by atoms with E-state index in [-0.39, 0.29) is 5.41 Å². The predicted molar refractivity (Wildman–Crippen MR) is 84.8 cm³/mol. The molecule has 1 aromatic rings. The molecule has 2 aliphatic rings. The molecule has 0 amide bonds. The van der Waals surface area contributed by atoms with Crippen molar-refractivity contribution in [3.8, 4) is 0 Å². The van der Waals surface area contributed by atoms with E-state index < -0.39 is 10.0 Å². The van der Waals surface area contributed by atoms with Gasteiger partial charge in [-0.05, 0) is 34.8 Å². The summed E-state index contributed by atoms with van der Waals surface area (Å²) in [4.78, 5) is 0.383. The second kappa shape index (κ2) is 5.57. The van der Waals surface area contributed by atoms with Gasteiger partial charge in [-0.25, -0.2) is 8.42 Å². The van der Waals surface area contributed by atoms with Crippen LogP contribution in [0.3, 0.4) is 0 Å². The minimum atomic E-state index is -3.39. The Kier molecular flexibility index (Phi) is 4.07. The average molecular weight is 327 g/mol. The molecule has 116 valence electrons. The van der Waals surface area contributed by atoms with E-state index in [4.69, 9.17) is 4.74 Å². The van der Waals surface area contributed by atoms with Gasteiger partial charge in [0.15, 0.2) is 0 Å². The second-order valence-electron chi connectivity index (χ2n) is 6.24. The van der Waals surface area contributed by atoms with Gasteiger partial charge < -0.3 is 4.74 Å². The lowest BCUT2D eigenvalue weighted by atomic mass is 9.84. The quantitative estimate of drug-likeness (QED) is 0.851. The molecule has 4 nitrogen and oxygen atoms in total. The first kappa shape index (κ1) is 15.3. The van der Waals surface area contributed by atoms with E-state index in [1.807, 2.05) is 17.8 Å². The van der Waals surface area contributed by atoms with Crippen LogP contribution >= 0.6 is 11.8 Å². The highest BCUT2D eigenvalue weighted by Crippen LogP contribution is 2.47. The molecular formula is C15H21NO3S2. The molecule has 2 atom stereocenters. The number of hydrogen-bond donors (Lipinski definition) is 0. The van der Waals surface area contributed by atoms with Gasteiger partial charge in [-0.15, -0.1) is 0 Å². The van der Waals surface area contributed by atoms with Crippen molar-refractivity contribution in [1.29, 1.82) is 0 Å². The summed E-state index contributed by atoms with van der Waals surface area (Å²) in [5, 5.41) is 0. The summed E-state index contributed by atoms with van der Waals surface area (Å²) >= 11 is 1.94. The van der Waals surface area contributed by atoms with Crippen LogP contribution < -0.4 is 0 Å². The largest absolute Gasteiger partial charge is 0.380 e. The summed E-state index contributed by atoms with van der Waals surface area (Å²) in [7, 11) is -1.78. The fourth-order valence-electron chi connectivity index (χ4n) is 3.21. The number of methoxy groups -OCH3 is 1. The van der Waals surface area contributed by atoms with Gasteiger partial charge in [0, 0.05) is 26.0 Å². The molecule has 0 aliphatic carbocycles. The van der Waals surface area contributed by atoms with Gasteiger partial charge in [0.05, 0.1) is 11.5 Å². The van der Waals surface area contributed by atoms with Crippen molar-refractivity contribution in [3.63, 3.8) is 0 Å². The third-order valence-electron chi connectivity index (χ3n) is 4.55. The Morgan fingerprint density at radius 2 is 2.29 bits per heavy atom. The smallest absolute Gasteiger partial charge is 0.243 e. The number of thioether (sulfide) groups is 1. The summed E-state index contributed by atoms with van der Waals surface area (Å²) in [6.45, 7) is 3.94. The number of sulfonamides is 1. The fourth-order valence-corrected chi connectivity index (χ4v) is 6.60. The summed E-state index contributed by atoms with van der Waals surface area (Å²) in [6, 6.07) is 7.08. The first-order valence-electron chi connectivity index (χ1n) is 7.11. The number of ether oxygens (including phenoxy) is 1. The first-order valence-corrected chi connectivity index (χ1v) is 9.71. The fraction of sp³-hybridized carbons (Fsp3) is 0.600. The zero-order valence-corrected chi connectivity index (χ0v) is 14.0. The molecule has 2 aliphatic heterocycles. The van der Waals surface area contributed by atoms with Gasteiger partial charge in [-0.2, -0.15) is 16.1 Å². The Balaban J connectivity index is 1.86. The van der Waals surface area contributed by atoms with Crippen LogP contribution in [0.2, 0.25) is 0 Å². The van der Waals surface area contributed by atoms with Crippen molar-refractivity contribution < 1.29 is 13.2 Å². The van der Waals surface area contributed by atoms with Crippen LogP contribution in [0.5, 0.6) is 0 Å². The molecule has 1 aromatic carbocycles. The molecular weight excluding hydrogens is 306 g/mol. The maximum atomic E-state index is 12.8. The zero-order valence-electron chi connectivity index (χ0n) is 12.4. The van der Waals surface area contributed by atoms with E-state index in [1.165, 1.54) is 0 Å². The van der Waals surface area contributed by atoms with Crippen LogP contribution in [0.25, 0.3) is 0 Å². The Hall–Kier alpha value is -0.560.